The number of fused-ring (bicyclic) bond motifs is 1. The van der Waals surface area contributed by atoms with E-state index in [1.165, 1.54) is 11.3 Å². The van der Waals surface area contributed by atoms with Gasteiger partial charge in [0.05, 0.1) is 30.4 Å². The summed E-state index contributed by atoms with van der Waals surface area (Å²) in [6, 6.07) is 5.86. The van der Waals surface area contributed by atoms with Gasteiger partial charge < -0.3 is 14.6 Å². The van der Waals surface area contributed by atoms with Crippen molar-refractivity contribution < 1.29 is 14.6 Å². The van der Waals surface area contributed by atoms with Crippen molar-refractivity contribution in [2.24, 2.45) is 0 Å². The lowest BCUT2D eigenvalue weighted by Crippen LogP contribution is -1.97. The minimum atomic E-state index is 0.0358. The number of nitrogens with zero attached hydrogens (tertiary/aromatic N) is 1. The van der Waals surface area contributed by atoms with E-state index in [9.17, 15) is 5.11 Å². The van der Waals surface area contributed by atoms with Gasteiger partial charge in [-0.2, -0.15) is 0 Å². The van der Waals surface area contributed by atoms with Gasteiger partial charge in [-0.1, -0.05) is 0 Å². The Bertz CT molecular complexity index is 594. The zero-order chi connectivity index (χ0) is 13.2. The molecule has 0 bridgehead atoms. The van der Waals surface area contributed by atoms with Crippen molar-refractivity contribution in [1.82, 2.24) is 4.98 Å². The smallest absolute Gasteiger partial charge is 0.161 e. The van der Waals surface area contributed by atoms with E-state index in [2.05, 4.69) is 4.98 Å². The molecule has 5 heteroatoms. The van der Waals surface area contributed by atoms with E-state index in [1.807, 2.05) is 25.1 Å². The quantitative estimate of drug-likeness (QED) is 0.917. The van der Waals surface area contributed by atoms with Crippen LogP contribution in [-0.2, 0) is 6.61 Å². The summed E-state index contributed by atoms with van der Waals surface area (Å²) in [5.41, 5.74) is 1.88. The second-order valence-electron chi connectivity index (χ2n) is 4.40. The molecule has 0 saturated heterocycles. The molecular weight excluding hydrogens is 262 g/mol. The molecule has 0 aliphatic carbocycles. The summed E-state index contributed by atoms with van der Waals surface area (Å²) in [5, 5.41) is 10.1. The molecule has 0 amide bonds. The first-order valence-corrected chi connectivity index (χ1v) is 7.07. The number of hydrogen-bond acceptors (Lipinski definition) is 5. The molecule has 100 valence electrons. The monoisotopic (exact) mass is 277 g/mol. The Morgan fingerprint density at radius 1 is 1.26 bits per heavy atom. The maximum absolute atomic E-state index is 9.23. The van der Waals surface area contributed by atoms with Crippen LogP contribution >= 0.6 is 11.3 Å². The van der Waals surface area contributed by atoms with Crippen LogP contribution in [0.15, 0.2) is 18.2 Å². The van der Waals surface area contributed by atoms with E-state index in [4.69, 9.17) is 9.47 Å². The van der Waals surface area contributed by atoms with Crippen molar-refractivity contribution in [2.75, 3.05) is 13.2 Å². The fraction of sp³-hybridized carbons (Fsp3) is 0.357. The Morgan fingerprint density at radius 3 is 2.79 bits per heavy atom. The highest BCUT2D eigenvalue weighted by Crippen LogP contribution is 2.36. The summed E-state index contributed by atoms with van der Waals surface area (Å²) in [5.74, 6) is 1.56. The van der Waals surface area contributed by atoms with Crippen LogP contribution in [-0.4, -0.2) is 23.3 Å². The number of rotatable bonds is 2. The fourth-order valence-electron chi connectivity index (χ4n) is 1.99. The lowest BCUT2D eigenvalue weighted by molar-refractivity contribution is 0.284. The molecule has 1 N–H and O–H groups in total. The summed E-state index contributed by atoms with van der Waals surface area (Å²) in [6.45, 7) is 3.31. The van der Waals surface area contributed by atoms with Gasteiger partial charge in [0.25, 0.3) is 0 Å². The molecule has 4 nitrogen and oxygen atoms in total. The van der Waals surface area contributed by atoms with Crippen LogP contribution in [0.4, 0.5) is 0 Å². The van der Waals surface area contributed by atoms with E-state index in [0.29, 0.717) is 13.2 Å². The van der Waals surface area contributed by atoms with Crippen molar-refractivity contribution in [3.8, 4) is 22.1 Å². The van der Waals surface area contributed by atoms with Crippen molar-refractivity contribution >= 4 is 11.3 Å². The molecule has 1 aromatic heterocycles. The zero-order valence-corrected chi connectivity index (χ0v) is 11.5. The molecule has 0 radical (unpaired) electrons. The van der Waals surface area contributed by atoms with Crippen LogP contribution in [0.5, 0.6) is 11.5 Å². The Morgan fingerprint density at radius 2 is 2.05 bits per heavy atom. The standard InChI is InChI=1S/C14H15NO3S/c1-9-13(8-16)19-14(15-9)10-3-4-11-12(7-10)18-6-2-5-17-11/h3-4,7,16H,2,5-6,8H2,1H3. The molecule has 3 rings (SSSR count). The van der Waals surface area contributed by atoms with Crippen molar-refractivity contribution in [3.63, 3.8) is 0 Å². The van der Waals surface area contributed by atoms with Crippen LogP contribution in [0.1, 0.15) is 17.0 Å². The SMILES string of the molecule is Cc1nc(-c2ccc3c(c2)OCCCO3)sc1CO. The Balaban J connectivity index is 1.98. The van der Waals surface area contributed by atoms with Crippen molar-refractivity contribution in [2.45, 2.75) is 20.0 Å². The zero-order valence-electron chi connectivity index (χ0n) is 10.7. The Labute approximate surface area is 115 Å². The molecule has 1 aliphatic rings. The van der Waals surface area contributed by atoms with Crippen LogP contribution in [0.25, 0.3) is 10.6 Å². The van der Waals surface area contributed by atoms with Gasteiger partial charge >= 0.3 is 0 Å². The lowest BCUT2D eigenvalue weighted by atomic mass is 10.2. The third-order valence-corrected chi connectivity index (χ3v) is 4.22. The molecule has 0 fully saturated rings. The van der Waals surface area contributed by atoms with Gasteiger partial charge in [-0.15, -0.1) is 11.3 Å². The van der Waals surface area contributed by atoms with Gasteiger partial charge in [-0.05, 0) is 25.1 Å². The summed E-state index contributed by atoms with van der Waals surface area (Å²) >= 11 is 1.51. The van der Waals surface area contributed by atoms with Gasteiger partial charge in [0, 0.05) is 12.0 Å². The molecule has 0 spiro atoms. The average Bonchev–Trinajstić information content (AvgIpc) is 2.66. The highest BCUT2D eigenvalue weighted by atomic mass is 32.1. The highest BCUT2D eigenvalue weighted by molar-refractivity contribution is 7.15. The molecule has 1 aliphatic heterocycles. The molecule has 19 heavy (non-hydrogen) atoms. The summed E-state index contributed by atoms with van der Waals surface area (Å²) in [6.07, 6.45) is 0.898. The number of hydrogen-bond donors (Lipinski definition) is 1. The van der Waals surface area contributed by atoms with Crippen LogP contribution in [0.2, 0.25) is 0 Å². The minimum Gasteiger partial charge on any atom is -0.490 e. The van der Waals surface area contributed by atoms with Gasteiger partial charge in [0.15, 0.2) is 11.5 Å². The first-order chi connectivity index (χ1) is 9.28. The van der Waals surface area contributed by atoms with Gasteiger partial charge in [-0.25, -0.2) is 4.98 Å². The maximum Gasteiger partial charge on any atom is 0.161 e. The molecule has 2 aromatic rings. The molecular formula is C14H15NO3S. The fourth-order valence-corrected chi connectivity index (χ4v) is 2.91. The first kappa shape index (κ1) is 12.4. The summed E-state index contributed by atoms with van der Waals surface area (Å²) in [4.78, 5) is 5.39. The number of ether oxygens (including phenoxy) is 2. The molecule has 1 aromatic carbocycles. The lowest BCUT2D eigenvalue weighted by Gasteiger charge is -2.07. The van der Waals surface area contributed by atoms with E-state index in [0.717, 1.165) is 39.1 Å². The van der Waals surface area contributed by atoms with E-state index >= 15 is 0 Å². The second-order valence-corrected chi connectivity index (χ2v) is 5.48. The predicted octanol–water partition coefficient (Wildman–Crippen LogP) is 2.77. The van der Waals surface area contributed by atoms with Crippen molar-refractivity contribution in [3.05, 3.63) is 28.8 Å². The summed E-state index contributed by atoms with van der Waals surface area (Å²) in [7, 11) is 0. The molecule has 0 saturated carbocycles. The number of thiazole rings is 1. The number of aliphatic hydroxyl groups is 1. The third kappa shape index (κ3) is 2.43. The normalized spacial score (nSPS) is 14.2. The largest absolute Gasteiger partial charge is 0.490 e. The number of aryl methyl sites for hydroxylation is 1. The summed E-state index contributed by atoms with van der Waals surface area (Å²) < 4.78 is 11.3. The van der Waals surface area contributed by atoms with E-state index in [-0.39, 0.29) is 6.61 Å². The van der Waals surface area contributed by atoms with Crippen LogP contribution in [0.3, 0.4) is 0 Å². The number of aromatic nitrogens is 1. The average molecular weight is 277 g/mol. The van der Waals surface area contributed by atoms with Gasteiger partial charge in [0.1, 0.15) is 5.01 Å². The third-order valence-electron chi connectivity index (χ3n) is 3.03. The predicted molar refractivity (Wildman–Crippen MR) is 73.8 cm³/mol. The highest BCUT2D eigenvalue weighted by Gasteiger charge is 2.14. The maximum atomic E-state index is 9.23. The topological polar surface area (TPSA) is 51.6 Å². The number of aliphatic hydroxyl groups excluding tert-OH is 1. The van der Waals surface area contributed by atoms with E-state index in [1.54, 1.807) is 0 Å². The molecule has 2 heterocycles. The minimum absolute atomic E-state index is 0.0358. The van der Waals surface area contributed by atoms with Gasteiger partial charge in [0.2, 0.25) is 0 Å². The Hall–Kier alpha value is -1.59. The first-order valence-electron chi connectivity index (χ1n) is 6.25. The van der Waals surface area contributed by atoms with E-state index < -0.39 is 0 Å². The molecule has 0 atom stereocenters. The van der Waals surface area contributed by atoms with Gasteiger partial charge in [-0.3, -0.25) is 0 Å². The van der Waals surface area contributed by atoms with Crippen LogP contribution in [0, 0.1) is 6.92 Å². The number of benzene rings is 1. The molecule has 0 unspecified atom stereocenters. The van der Waals surface area contributed by atoms with Crippen molar-refractivity contribution in [1.29, 1.82) is 0 Å². The van der Waals surface area contributed by atoms with Crippen LogP contribution < -0.4 is 9.47 Å². The second kappa shape index (κ2) is 5.19. The Kier molecular flexibility index (Phi) is 3.40.